The molecular formula is C16H17NO3. The summed E-state index contributed by atoms with van der Waals surface area (Å²) in [6, 6.07) is 7.26. The number of amides is 1. The van der Waals surface area contributed by atoms with E-state index in [4.69, 9.17) is 5.11 Å². The molecule has 1 N–H and O–H groups in total. The molecule has 3 rings (SSSR count). The van der Waals surface area contributed by atoms with Gasteiger partial charge in [0, 0.05) is 17.8 Å². The first kappa shape index (κ1) is 12.9. The predicted molar refractivity (Wildman–Crippen MR) is 75.6 cm³/mol. The van der Waals surface area contributed by atoms with Crippen LogP contribution in [0.15, 0.2) is 35.4 Å². The van der Waals surface area contributed by atoms with E-state index in [1.54, 1.807) is 17.0 Å². The quantitative estimate of drug-likeness (QED) is 0.919. The molecule has 0 fully saturated rings. The maximum Gasteiger partial charge on any atom is 0.307 e. The van der Waals surface area contributed by atoms with Gasteiger partial charge in [0.1, 0.15) is 0 Å². The summed E-state index contributed by atoms with van der Waals surface area (Å²) < 4.78 is 0. The van der Waals surface area contributed by atoms with Gasteiger partial charge in [-0.2, -0.15) is 0 Å². The van der Waals surface area contributed by atoms with E-state index in [1.807, 2.05) is 12.1 Å². The van der Waals surface area contributed by atoms with Crippen molar-refractivity contribution in [3.8, 4) is 0 Å². The molecule has 0 radical (unpaired) electrons. The zero-order valence-electron chi connectivity index (χ0n) is 11.3. The lowest BCUT2D eigenvalue weighted by atomic mass is 9.94. The molecule has 1 aromatic rings. The highest BCUT2D eigenvalue weighted by Crippen LogP contribution is 2.34. The molecule has 0 spiro atoms. The van der Waals surface area contributed by atoms with Crippen molar-refractivity contribution >= 4 is 17.6 Å². The van der Waals surface area contributed by atoms with Crippen LogP contribution in [0, 0.1) is 0 Å². The lowest BCUT2D eigenvalue weighted by Gasteiger charge is -2.17. The van der Waals surface area contributed by atoms with Crippen molar-refractivity contribution in [2.75, 3.05) is 11.4 Å². The van der Waals surface area contributed by atoms with E-state index in [0.717, 1.165) is 36.1 Å². The van der Waals surface area contributed by atoms with Crippen LogP contribution in [0.5, 0.6) is 0 Å². The van der Waals surface area contributed by atoms with Crippen LogP contribution in [-0.2, 0) is 16.0 Å². The zero-order chi connectivity index (χ0) is 14.1. The highest BCUT2D eigenvalue weighted by atomic mass is 16.4. The highest BCUT2D eigenvalue weighted by molar-refractivity contribution is 6.09. The number of benzene rings is 1. The fraction of sp³-hybridized carbons (Fsp3) is 0.375. The Hall–Kier alpha value is -2.10. The molecule has 0 aromatic heterocycles. The molecule has 104 valence electrons. The molecule has 2 aliphatic rings. The summed E-state index contributed by atoms with van der Waals surface area (Å²) in [4.78, 5) is 24.8. The average molecular weight is 271 g/mol. The Morgan fingerprint density at radius 3 is 2.50 bits per heavy atom. The number of carbonyl (C=O) groups is 2. The van der Waals surface area contributed by atoms with Gasteiger partial charge in [0.2, 0.25) is 0 Å². The Labute approximate surface area is 117 Å². The van der Waals surface area contributed by atoms with Gasteiger partial charge in [-0.05, 0) is 49.0 Å². The molecule has 4 nitrogen and oxygen atoms in total. The molecule has 1 aromatic carbocycles. The maximum atomic E-state index is 12.4. The van der Waals surface area contributed by atoms with Crippen LogP contribution in [0.2, 0.25) is 0 Å². The average Bonchev–Trinajstić information content (AvgIpc) is 2.77. The Balaban J connectivity index is 1.78. The lowest BCUT2D eigenvalue weighted by molar-refractivity contribution is -0.136. The molecule has 0 saturated carbocycles. The lowest BCUT2D eigenvalue weighted by Crippen LogP contribution is -2.26. The van der Waals surface area contributed by atoms with E-state index in [-0.39, 0.29) is 12.3 Å². The largest absolute Gasteiger partial charge is 0.481 e. The van der Waals surface area contributed by atoms with Crippen LogP contribution < -0.4 is 4.90 Å². The molecule has 1 heterocycles. The number of rotatable bonds is 3. The monoisotopic (exact) mass is 271 g/mol. The normalized spacial score (nSPS) is 18.4. The molecule has 20 heavy (non-hydrogen) atoms. The number of hydrogen-bond acceptors (Lipinski definition) is 2. The Kier molecular flexibility index (Phi) is 3.30. The number of carbonyl (C=O) groups excluding carboxylic acids is 1. The summed E-state index contributed by atoms with van der Waals surface area (Å²) in [7, 11) is 0. The van der Waals surface area contributed by atoms with Gasteiger partial charge in [0.05, 0.1) is 6.42 Å². The van der Waals surface area contributed by atoms with Gasteiger partial charge >= 0.3 is 5.97 Å². The van der Waals surface area contributed by atoms with Crippen molar-refractivity contribution in [3.05, 3.63) is 41.0 Å². The van der Waals surface area contributed by atoms with Gasteiger partial charge < -0.3 is 10.0 Å². The Bertz CT molecular complexity index is 586. The summed E-state index contributed by atoms with van der Waals surface area (Å²) in [6.07, 6.45) is 4.24. The van der Waals surface area contributed by atoms with Gasteiger partial charge in [-0.15, -0.1) is 0 Å². The van der Waals surface area contributed by atoms with Crippen molar-refractivity contribution in [1.82, 2.24) is 0 Å². The maximum absolute atomic E-state index is 12.4. The third kappa shape index (κ3) is 2.33. The van der Waals surface area contributed by atoms with Crippen molar-refractivity contribution in [2.45, 2.75) is 32.1 Å². The third-order valence-electron chi connectivity index (χ3n) is 4.04. The number of carboxylic acid groups (broad SMARTS) is 1. The summed E-state index contributed by atoms with van der Waals surface area (Å²) in [5, 5.41) is 8.76. The second-order valence-corrected chi connectivity index (χ2v) is 5.42. The van der Waals surface area contributed by atoms with E-state index < -0.39 is 5.97 Å². The third-order valence-corrected chi connectivity index (χ3v) is 4.04. The topological polar surface area (TPSA) is 57.6 Å². The molecule has 1 aliphatic heterocycles. The van der Waals surface area contributed by atoms with Gasteiger partial charge in [0.25, 0.3) is 5.91 Å². The zero-order valence-corrected chi connectivity index (χ0v) is 11.3. The van der Waals surface area contributed by atoms with Crippen LogP contribution >= 0.6 is 0 Å². The van der Waals surface area contributed by atoms with Gasteiger partial charge in [-0.1, -0.05) is 12.1 Å². The first-order valence-electron chi connectivity index (χ1n) is 6.98. The SMILES string of the molecule is O=C(O)Cc1ccc(N2CC3=C(CCCC3)C2=O)cc1. The highest BCUT2D eigenvalue weighted by Gasteiger charge is 2.32. The first-order valence-corrected chi connectivity index (χ1v) is 6.98. The number of carboxylic acids is 1. The number of aliphatic carboxylic acids is 1. The van der Waals surface area contributed by atoms with Crippen LogP contribution in [0.25, 0.3) is 0 Å². The smallest absolute Gasteiger partial charge is 0.307 e. The minimum absolute atomic E-state index is 0.0168. The second kappa shape index (κ2) is 5.12. The van der Waals surface area contributed by atoms with Crippen LogP contribution in [0.4, 0.5) is 5.69 Å². The van der Waals surface area contributed by atoms with Crippen LogP contribution in [0.3, 0.4) is 0 Å². The standard InChI is InChI=1S/C16H17NO3/c18-15(19)9-11-5-7-13(8-6-11)17-10-12-3-1-2-4-14(12)16(17)20/h5-8H,1-4,9-10H2,(H,18,19). The molecule has 0 unspecified atom stereocenters. The van der Waals surface area contributed by atoms with Crippen molar-refractivity contribution in [3.63, 3.8) is 0 Å². The van der Waals surface area contributed by atoms with Gasteiger partial charge in [-0.3, -0.25) is 9.59 Å². The van der Waals surface area contributed by atoms with Crippen LogP contribution in [-0.4, -0.2) is 23.5 Å². The van der Waals surface area contributed by atoms with E-state index >= 15 is 0 Å². The number of nitrogens with zero attached hydrogens (tertiary/aromatic N) is 1. The van der Waals surface area contributed by atoms with E-state index in [9.17, 15) is 9.59 Å². The fourth-order valence-electron chi connectivity index (χ4n) is 3.00. The number of hydrogen-bond donors (Lipinski definition) is 1. The molecule has 4 heteroatoms. The fourth-order valence-corrected chi connectivity index (χ4v) is 3.00. The Morgan fingerprint density at radius 2 is 1.85 bits per heavy atom. The number of anilines is 1. The first-order chi connectivity index (χ1) is 9.65. The van der Waals surface area contributed by atoms with Crippen molar-refractivity contribution in [2.24, 2.45) is 0 Å². The summed E-state index contributed by atoms with van der Waals surface area (Å²) in [5.41, 5.74) is 3.91. The minimum atomic E-state index is -0.841. The minimum Gasteiger partial charge on any atom is -0.481 e. The van der Waals surface area contributed by atoms with Crippen molar-refractivity contribution < 1.29 is 14.7 Å². The summed E-state index contributed by atoms with van der Waals surface area (Å²) in [5.74, 6) is -0.710. The summed E-state index contributed by atoms with van der Waals surface area (Å²) in [6.45, 7) is 0.701. The molecule has 1 aliphatic carbocycles. The molecule has 0 saturated heterocycles. The van der Waals surface area contributed by atoms with E-state index in [1.165, 1.54) is 12.0 Å². The molecule has 1 amide bonds. The second-order valence-electron chi connectivity index (χ2n) is 5.42. The summed E-state index contributed by atoms with van der Waals surface area (Å²) >= 11 is 0. The van der Waals surface area contributed by atoms with Crippen molar-refractivity contribution in [1.29, 1.82) is 0 Å². The predicted octanol–water partition coefficient (Wildman–Crippen LogP) is 2.53. The van der Waals surface area contributed by atoms with E-state index in [2.05, 4.69) is 0 Å². The van der Waals surface area contributed by atoms with E-state index in [0.29, 0.717) is 6.54 Å². The van der Waals surface area contributed by atoms with Gasteiger partial charge in [-0.25, -0.2) is 0 Å². The van der Waals surface area contributed by atoms with Gasteiger partial charge in [0.15, 0.2) is 0 Å². The Morgan fingerprint density at radius 1 is 1.15 bits per heavy atom. The molecular weight excluding hydrogens is 254 g/mol. The van der Waals surface area contributed by atoms with Crippen LogP contribution in [0.1, 0.15) is 31.2 Å². The molecule has 0 bridgehead atoms. The molecule has 0 atom stereocenters.